The third kappa shape index (κ3) is 3.51. The van der Waals surface area contributed by atoms with Crippen molar-refractivity contribution in [2.75, 3.05) is 18.9 Å². The molecule has 1 aliphatic heterocycles. The minimum Gasteiger partial charge on any atom is -0.346 e. The van der Waals surface area contributed by atoms with Gasteiger partial charge in [-0.15, -0.1) is 0 Å². The number of hydrogen-bond donors (Lipinski definition) is 2. The number of carbonyl (C=O) groups is 3. The Kier molecular flexibility index (Phi) is 4.32. The molecule has 0 saturated heterocycles. The summed E-state index contributed by atoms with van der Waals surface area (Å²) in [5, 5.41) is 5.87. The number of anilines is 1. The second kappa shape index (κ2) is 5.88. The van der Waals surface area contributed by atoms with Crippen LogP contribution in [-0.4, -0.2) is 46.7 Å². The molecule has 1 aromatic rings. The molecule has 118 valence electrons. The van der Waals surface area contributed by atoms with Crippen molar-refractivity contribution < 1.29 is 14.4 Å². The van der Waals surface area contributed by atoms with E-state index in [1.807, 2.05) is 13.8 Å². The number of hydrogen-bond acceptors (Lipinski definition) is 5. The molecule has 3 amide bonds. The molecule has 0 bridgehead atoms. The molecule has 0 fully saturated rings. The van der Waals surface area contributed by atoms with Crippen LogP contribution in [0.4, 0.5) is 5.13 Å². The largest absolute Gasteiger partial charge is 0.346 e. The fourth-order valence-electron chi connectivity index (χ4n) is 2.14. The Balaban J connectivity index is 2.06. The lowest BCUT2D eigenvalue weighted by Crippen LogP contribution is -2.48. The summed E-state index contributed by atoms with van der Waals surface area (Å²) in [6.45, 7) is 7.09. The summed E-state index contributed by atoms with van der Waals surface area (Å²) in [4.78, 5) is 41.3. The van der Waals surface area contributed by atoms with E-state index >= 15 is 0 Å². The van der Waals surface area contributed by atoms with Crippen LogP contribution in [0, 0.1) is 0 Å². The van der Waals surface area contributed by atoms with E-state index in [9.17, 15) is 14.4 Å². The van der Waals surface area contributed by atoms with Gasteiger partial charge in [0, 0.05) is 19.0 Å². The molecule has 8 heteroatoms. The third-order valence-corrected chi connectivity index (χ3v) is 4.15. The van der Waals surface area contributed by atoms with E-state index in [0.717, 1.165) is 17.4 Å². The number of nitrogens with one attached hydrogen (secondary N) is 2. The standard InChI is InChI=1S/C14H18N4O3S/c1-5-10(20)18(4)7-9(19)16-13-15-8-6-14(2,3)17-12(21)11(8)22-13/h5H,1,6-7H2,2-4H3,(H,17,21)(H,15,16,19). The molecule has 2 heterocycles. The number of rotatable bonds is 4. The topological polar surface area (TPSA) is 91.4 Å². The zero-order valence-corrected chi connectivity index (χ0v) is 13.5. The van der Waals surface area contributed by atoms with E-state index in [0.29, 0.717) is 22.1 Å². The van der Waals surface area contributed by atoms with Gasteiger partial charge in [-0.1, -0.05) is 17.9 Å². The number of carbonyl (C=O) groups excluding carboxylic acids is 3. The average Bonchev–Trinajstić information content (AvgIpc) is 2.78. The van der Waals surface area contributed by atoms with Gasteiger partial charge in [-0.2, -0.15) is 0 Å². The summed E-state index contributed by atoms with van der Waals surface area (Å²) < 4.78 is 0. The molecule has 2 rings (SSSR count). The average molecular weight is 322 g/mol. The van der Waals surface area contributed by atoms with Crippen LogP contribution in [0.5, 0.6) is 0 Å². The Morgan fingerprint density at radius 2 is 2.23 bits per heavy atom. The molecule has 2 N–H and O–H groups in total. The molecule has 0 aromatic carbocycles. The predicted molar refractivity (Wildman–Crippen MR) is 83.8 cm³/mol. The molecule has 0 radical (unpaired) electrons. The number of thiazole rings is 1. The maximum absolute atomic E-state index is 12.0. The van der Waals surface area contributed by atoms with Gasteiger partial charge < -0.3 is 15.5 Å². The third-order valence-electron chi connectivity index (χ3n) is 3.14. The van der Waals surface area contributed by atoms with E-state index in [1.165, 1.54) is 11.9 Å². The van der Waals surface area contributed by atoms with Crippen LogP contribution < -0.4 is 10.6 Å². The van der Waals surface area contributed by atoms with Crippen LogP contribution in [-0.2, 0) is 16.0 Å². The van der Waals surface area contributed by atoms with Gasteiger partial charge in [-0.25, -0.2) is 4.98 Å². The Morgan fingerprint density at radius 3 is 2.86 bits per heavy atom. The van der Waals surface area contributed by atoms with Gasteiger partial charge in [0.2, 0.25) is 11.8 Å². The highest BCUT2D eigenvalue weighted by molar-refractivity contribution is 7.17. The molecule has 1 aliphatic rings. The highest BCUT2D eigenvalue weighted by Crippen LogP contribution is 2.29. The first-order valence-corrected chi connectivity index (χ1v) is 7.53. The second-order valence-corrected chi connectivity index (χ2v) is 6.76. The van der Waals surface area contributed by atoms with Crippen LogP contribution in [0.25, 0.3) is 0 Å². The van der Waals surface area contributed by atoms with E-state index in [4.69, 9.17) is 0 Å². The molecule has 0 aliphatic carbocycles. The number of fused-ring (bicyclic) bond motifs is 1. The summed E-state index contributed by atoms with van der Waals surface area (Å²) in [5.41, 5.74) is 0.334. The molecule has 22 heavy (non-hydrogen) atoms. The molecule has 0 saturated carbocycles. The summed E-state index contributed by atoms with van der Waals surface area (Å²) in [7, 11) is 1.51. The lowest BCUT2D eigenvalue weighted by Gasteiger charge is -2.29. The molecule has 7 nitrogen and oxygen atoms in total. The molecular weight excluding hydrogens is 304 g/mol. The van der Waals surface area contributed by atoms with Crippen molar-refractivity contribution in [2.24, 2.45) is 0 Å². The van der Waals surface area contributed by atoms with Crippen molar-refractivity contribution in [3.05, 3.63) is 23.2 Å². The highest BCUT2D eigenvalue weighted by Gasteiger charge is 2.33. The zero-order chi connectivity index (χ0) is 16.5. The van der Waals surface area contributed by atoms with E-state index < -0.39 is 0 Å². The first-order valence-electron chi connectivity index (χ1n) is 6.71. The minimum absolute atomic E-state index is 0.104. The van der Waals surface area contributed by atoms with Gasteiger partial charge in [-0.3, -0.25) is 14.4 Å². The van der Waals surface area contributed by atoms with Gasteiger partial charge in [0.1, 0.15) is 4.88 Å². The maximum Gasteiger partial charge on any atom is 0.263 e. The van der Waals surface area contributed by atoms with Gasteiger partial charge in [0.15, 0.2) is 5.13 Å². The normalized spacial score (nSPS) is 15.5. The Bertz CT molecular complexity index is 651. The molecule has 0 unspecified atom stereocenters. The van der Waals surface area contributed by atoms with E-state index in [1.54, 1.807) is 0 Å². The Labute approximate surface area is 132 Å². The highest BCUT2D eigenvalue weighted by atomic mass is 32.1. The maximum atomic E-state index is 12.0. The van der Waals surface area contributed by atoms with Crippen molar-refractivity contribution in [3.8, 4) is 0 Å². The summed E-state index contributed by atoms with van der Waals surface area (Å²) >= 11 is 1.14. The number of likely N-dealkylation sites (N-methyl/N-ethyl adjacent to an activating group) is 1. The van der Waals surface area contributed by atoms with Gasteiger partial charge in [0.25, 0.3) is 5.91 Å². The fraction of sp³-hybridized carbons (Fsp3) is 0.429. The zero-order valence-electron chi connectivity index (χ0n) is 12.7. The van der Waals surface area contributed by atoms with Gasteiger partial charge >= 0.3 is 0 Å². The van der Waals surface area contributed by atoms with Crippen LogP contribution in [0.15, 0.2) is 12.7 Å². The van der Waals surface area contributed by atoms with Crippen LogP contribution >= 0.6 is 11.3 Å². The summed E-state index contributed by atoms with van der Waals surface area (Å²) in [5.74, 6) is -0.888. The number of nitrogens with zero attached hydrogens (tertiary/aromatic N) is 2. The second-order valence-electron chi connectivity index (χ2n) is 5.76. The van der Waals surface area contributed by atoms with Crippen molar-refractivity contribution in [1.29, 1.82) is 0 Å². The smallest absolute Gasteiger partial charge is 0.263 e. The molecule has 1 aromatic heterocycles. The molecule has 0 spiro atoms. The number of amides is 3. The quantitative estimate of drug-likeness (QED) is 0.802. The minimum atomic E-state index is -0.372. The monoisotopic (exact) mass is 322 g/mol. The Morgan fingerprint density at radius 1 is 1.55 bits per heavy atom. The van der Waals surface area contributed by atoms with Crippen molar-refractivity contribution in [3.63, 3.8) is 0 Å². The lowest BCUT2D eigenvalue weighted by molar-refractivity contribution is -0.129. The predicted octanol–water partition coefficient (Wildman–Crippen LogP) is 0.790. The van der Waals surface area contributed by atoms with Crippen LogP contribution in [0.3, 0.4) is 0 Å². The summed E-state index contributed by atoms with van der Waals surface area (Å²) in [6.07, 6.45) is 1.75. The van der Waals surface area contributed by atoms with Crippen molar-refractivity contribution >= 4 is 34.2 Å². The van der Waals surface area contributed by atoms with E-state index in [2.05, 4.69) is 22.2 Å². The SMILES string of the molecule is C=CC(=O)N(C)CC(=O)Nc1nc2c(s1)C(=O)NC(C)(C)C2. The fourth-order valence-corrected chi connectivity index (χ4v) is 3.03. The van der Waals surface area contributed by atoms with Crippen LogP contribution in [0.1, 0.15) is 29.2 Å². The molecule has 0 atom stereocenters. The van der Waals surface area contributed by atoms with Gasteiger partial charge in [0.05, 0.1) is 12.2 Å². The van der Waals surface area contributed by atoms with Crippen molar-refractivity contribution in [1.82, 2.24) is 15.2 Å². The Hall–Kier alpha value is -2.22. The molecular formula is C14H18N4O3S. The lowest BCUT2D eigenvalue weighted by atomic mass is 9.94. The first-order chi connectivity index (χ1) is 10.2. The van der Waals surface area contributed by atoms with E-state index in [-0.39, 0.29) is 29.8 Å². The number of aromatic nitrogens is 1. The first kappa shape index (κ1) is 16.2. The van der Waals surface area contributed by atoms with Crippen molar-refractivity contribution in [2.45, 2.75) is 25.8 Å². The summed E-state index contributed by atoms with van der Waals surface area (Å²) in [6, 6.07) is 0. The van der Waals surface area contributed by atoms with Gasteiger partial charge in [-0.05, 0) is 19.9 Å². The van der Waals surface area contributed by atoms with Crippen LogP contribution in [0.2, 0.25) is 0 Å².